The molecule has 0 saturated heterocycles. The Kier molecular flexibility index (Phi) is 5.63. The molecule has 1 rings (SSSR count). The molecular weight excluding hydrogens is 196 g/mol. The van der Waals surface area contributed by atoms with E-state index in [1.165, 1.54) is 11.1 Å². The lowest BCUT2D eigenvalue weighted by molar-refractivity contribution is 0.299. The number of hydrogen-bond acceptors (Lipinski definition) is 2. The molecule has 86 valence electrons. The molecule has 0 fully saturated rings. The minimum Gasteiger partial charge on any atom is -0.326 e. The Balaban J connectivity index is 2.59. The summed E-state index contributed by atoms with van der Waals surface area (Å²) in [5.41, 5.74) is 8.02. The molecule has 2 nitrogen and oxygen atoms in total. The van der Waals surface area contributed by atoms with Crippen molar-refractivity contribution >= 4 is 0 Å². The van der Waals surface area contributed by atoms with Gasteiger partial charge in [0.1, 0.15) is 0 Å². The first-order chi connectivity index (χ1) is 7.80. The zero-order chi connectivity index (χ0) is 11.8. The van der Waals surface area contributed by atoms with Crippen molar-refractivity contribution in [3.8, 4) is 12.3 Å². The van der Waals surface area contributed by atoms with E-state index in [1.54, 1.807) is 0 Å². The Bertz CT molecular complexity index is 335. The van der Waals surface area contributed by atoms with Crippen LogP contribution < -0.4 is 5.73 Å². The molecule has 2 heteroatoms. The molecule has 0 aliphatic carbocycles. The first-order valence-corrected chi connectivity index (χ1v) is 5.73. The third-order valence-electron chi connectivity index (χ3n) is 2.52. The molecule has 0 aliphatic heterocycles. The lowest BCUT2D eigenvalue weighted by Crippen LogP contribution is -2.24. The fraction of sp³-hybridized carbons (Fsp3) is 0.429. The summed E-state index contributed by atoms with van der Waals surface area (Å²) in [6.45, 7) is 5.45. The van der Waals surface area contributed by atoms with Gasteiger partial charge in [-0.05, 0) is 24.1 Å². The van der Waals surface area contributed by atoms with Crippen molar-refractivity contribution in [2.45, 2.75) is 26.4 Å². The summed E-state index contributed by atoms with van der Waals surface area (Å²) in [6, 6.07) is 8.41. The van der Waals surface area contributed by atoms with Crippen LogP contribution in [0.3, 0.4) is 0 Å². The van der Waals surface area contributed by atoms with Gasteiger partial charge in [-0.25, -0.2) is 0 Å². The fourth-order valence-electron chi connectivity index (χ4n) is 1.70. The molecule has 0 atom stereocenters. The van der Waals surface area contributed by atoms with Gasteiger partial charge in [-0.2, -0.15) is 0 Å². The second-order valence-electron chi connectivity index (χ2n) is 3.94. The lowest BCUT2D eigenvalue weighted by Gasteiger charge is -2.18. The number of terminal acetylenes is 1. The van der Waals surface area contributed by atoms with E-state index < -0.39 is 0 Å². The maximum atomic E-state index is 5.56. The summed E-state index contributed by atoms with van der Waals surface area (Å²) in [6.07, 6.45) is 6.48. The molecule has 0 amide bonds. The number of rotatable bonds is 6. The van der Waals surface area contributed by atoms with E-state index in [-0.39, 0.29) is 0 Å². The van der Waals surface area contributed by atoms with Gasteiger partial charge in [0, 0.05) is 13.1 Å². The SMILES string of the molecule is C#CCN(CCC)Cc1ccc(CN)cc1. The zero-order valence-corrected chi connectivity index (χ0v) is 9.95. The molecule has 0 saturated carbocycles. The van der Waals surface area contributed by atoms with Crippen molar-refractivity contribution in [1.82, 2.24) is 4.90 Å². The van der Waals surface area contributed by atoms with Crippen molar-refractivity contribution in [3.05, 3.63) is 35.4 Å². The minimum atomic E-state index is 0.601. The summed E-state index contributed by atoms with van der Waals surface area (Å²) in [7, 11) is 0. The molecule has 0 spiro atoms. The molecule has 0 radical (unpaired) electrons. The Hall–Kier alpha value is -1.30. The van der Waals surface area contributed by atoms with E-state index in [2.05, 4.69) is 42.0 Å². The smallest absolute Gasteiger partial charge is 0.0601 e. The van der Waals surface area contributed by atoms with Gasteiger partial charge in [0.25, 0.3) is 0 Å². The van der Waals surface area contributed by atoms with Gasteiger partial charge in [-0.3, -0.25) is 4.90 Å². The Morgan fingerprint density at radius 3 is 2.38 bits per heavy atom. The second-order valence-corrected chi connectivity index (χ2v) is 3.94. The largest absolute Gasteiger partial charge is 0.326 e. The summed E-state index contributed by atoms with van der Waals surface area (Å²) < 4.78 is 0. The molecule has 0 bridgehead atoms. The van der Waals surface area contributed by atoms with Crippen LogP contribution in [0.1, 0.15) is 24.5 Å². The highest BCUT2D eigenvalue weighted by atomic mass is 15.1. The third kappa shape index (κ3) is 4.06. The summed E-state index contributed by atoms with van der Waals surface area (Å²) in [4.78, 5) is 2.28. The van der Waals surface area contributed by atoms with Crippen molar-refractivity contribution < 1.29 is 0 Å². The van der Waals surface area contributed by atoms with Crippen LogP contribution in [0.25, 0.3) is 0 Å². The van der Waals surface area contributed by atoms with Crippen LogP contribution in [0.4, 0.5) is 0 Å². The van der Waals surface area contributed by atoms with E-state index >= 15 is 0 Å². The van der Waals surface area contributed by atoms with E-state index in [4.69, 9.17) is 12.2 Å². The fourth-order valence-corrected chi connectivity index (χ4v) is 1.70. The normalized spacial score (nSPS) is 10.4. The van der Waals surface area contributed by atoms with Gasteiger partial charge < -0.3 is 5.73 Å². The predicted octanol–water partition coefficient (Wildman–Crippen LogP) is 1.99. The molecule has 0 aromatic heterocycles. The van der Waals surface area contributed by atoms with Crippen LogP contribution in [-0.4, -0.2) is 18.0 Å². The molecule has 1 aromatic carbocycles. The third-order valence-corrected chi connectivity index (χ3v) is 2.52. The molecule has 0 heterocycles. The van der Waals surface area contributed by atoms with Gasteiger partial charge >= 0.3 is 0 Å². The molecule has 2 N–H and O–H groups in total. The topological polar surface area (TPSA) is 29.3 Å². The van der Waals surface area contributed by atoms with Crippen molar-refractivity contribution in [2.24, 2.45) is 5.73 Å². The predicted molar refractivity (Wildman–Crippen MR) is 68.7 cm³/mol. The average molecular weight is 216 g/mol. The zero-order valence-electron chi connectivity index (χ0n) is 9.95. The Labute approximate surface area is 98.4 Å². The van der Waals surface area contributed by atoms with Gasteiger partial charge in [0.2, 0.25) is 0 Å². The molecule has 0 aliphatic rings. The lowest BCUT2D eigenvalue weighted by atomic mass is 10.1. The molecule has 16 heavy (non-hydrogen) atoms. The van der Waals surface area contributed by atoms with Gasteiger partial charge in [0.15, 0.2) is 0 Å². The first kappa shape index (κ1) is 12.8. The number of hydrogen-bond donors (Lipinski definition) is 1. The van der Waals surface area contributed by atoms with Crippen LogP contribution in [0.5, 0.6) is 0 Å². The highest BCUT2D eigenvalue weighted by Gasteiger charge is 2.03. The Morgan fingerprint density at radius 2 is 1.88 bits per heavy atom. The van der Waals surface area contributed by atoms with E-state index in [0.29, 0.717) is 13.1 Å². The first-order valence-electron chi connectivity index (χ1n) is 5.73. The molecular formula is C14H20N2. The quantitative estimate of drug-likeness (QED) is 0.737. The number of nitrogens with two attached hydrogens (primary N) is 1. The highest BCUT2D eigenvalue weighted by Crippen LogP contribution is 2.07. The maximum Gasteiger partial charge on any atom is 0.0601 e. The van der Waals surface area contributed by atoms with Gasteiger partial charge in [0.05, 0.1) is 6.54 Å². The second kappa shape index (κ2) is 7.05. The van der Waals surface area contributed by atoms with Crippen LogP contribution in [0.15, 0.2) is 24.3 Å². The molecule has 1 aromatic rings. The van der Waals surface area contributed by atoms with Crippen LogP contribution in [0.2, 0.25) is 0 Å². The van der Waals surface area contributed by atoms with E-state index in [9.17, 15) is 0 Å². The number of benzene rings is 1. The minimum absolute atomic E-state index is 0.601. The van der Waals surface area contributed by atoms with Crippen LogP contribution in [-0.2, 0) is 13.1 Å². The van der Waals surface area contributed by atoms with Crippen molar-refractivity contribution in [2.75, 3.05) is 13.1 Å². The van der Waals surface area contributed by atoms with Crippen molar-refractivity contribution in [3.63, 3.8) is 0 Å². The highest BCUT2D eigenvalue weighted by molar-refractivity contribution is 5.22. The Morgan fingerprint density at radius 1 is 1.25 bits per heavy atom. The maximum absolute atomic E-state index is 5.56. The van der Waals surface area contributed by atoms with Crippen LogP contribution >= 0.6 is 0 Å². The summed E-state index contributed by atoms with van der Waals surface area (Å²) >= 11 is 0. The van der Waals surface area contributed by atoms with Crippen molar-refractivity contribution in [1.29, 1.82) is 0 Å². The average Bonchev–Trinajstić information content (AvgIpc) is 2.31. The van der Waals surface area contributed by atoms with Gasteiger partial charge in [-0.1, -0.05) is 37.1 Å². The van der Waals surface area contributed by atoms with Crippen LogP contribution in [0, 0.1) is 12.3 Å². The monoisotopic (exact) mass is 216 g/mol. The van der Waals surface area contributed by atoms with E-state index in [1.807, 2.05) is 0 Å². The summed E-state index contributed by atoms with van der Waals surface area (Å²) in [5.74, 6) is 2.70. The number of nitrogens with zero attached hydrogens (tertiary/aromatic N) is 1. The summed E-state index contributed by atoms with van der Waals surface area (Å²) in [5, 5.41) is 0. The molecule has 0 unspecified atom stereocenters. The van der Waals surface area contributed by atoms with Gasteiger partial charge in [-0.15, -0.1) is 6.42 Å². The standard InChI is InChI=1S/C14H20N2/c1-3-9-16(10-4-2)12-14-7-5-13(11-15)6-8-14/h1,5-8H,4,9-12,15H2,2H3. The van der Waals surface area contributed by atoms with E-state index in [0.717, 1.165) is 19.5 Å².